The van der Waals surface area contributed by atoms with E-state index in [0.717, 1.165) is 22.1 Å². The number of hydrogen-bond acceptors (Lipinski definition) is 3. The molecule has 0 amide bonds. The van der Waals surface area contributed by atoms with Crippen LogP contribution in [0.15, 0.2) is 30.3 Å². The van der Waals surface area contributed by atoms with Crippen LogP contribution < -0.4 is 10.5 Å². The molecule has 3 N–H and O–H groups in total. The van der Waals surface area contributed by atoms with Crippen LogP contribution >= 0.6 is 0 Å². The quantitative estimate of drug-likeness (QED) is 0.785. The lowest BCUT2D eigenvalue weighted by Crippen LogP contribution is -1.95. The third-order valence-corrected chi connectivity index (χ3v) is 2.43. The highest BCUT2D eigenvalue weighted by Crippen LogP contribution is 2.29. The molecule has 0 saturated carbocycles. The molecule has 0 radical (unpaired) electrons. The molecule has 0 fully saturated rings. The van der Waals surface area contributed by atoms with Crippen LogP contribution in [0.5, 0.6) is 11.5 Å². The van der Waals surface area contributed by atoms with Gasteiger partial charge in [-0.2, -0.15) is 0 Å². The van der Waals surface area contributed by atoms with Gasteiger partial charge in [-0.05, 0) is 41.3 Å². The minimum absolute atomic E-state index is 0.260. The summed E-state index contributed by atoms with van der Waals surface area (Å²) in [6.45, 7) is 0.417. The average molecular weight is 203 g/mol. The van der Waals surface area contributed by atoms with E-state index in [9.17, 15) is 5.11 Å². The largest absolute Gasteiger partial charge is 0.507 e. The number of fused-ring (bicyclic) bond motifs is 1. The molecular formula is C12H13NO2. The number of nitrogens with two attached hydrogens (primary N) is 1. The fourth-order valence-corrected chi connectivity index (χ4v) is 1.63. The fraction of sp³-hybridized carbons (Fsp3) is 0.167. The van der Waals surface area contributed by atoms with Gasteiger partial charge in [0.2, 0.25) is 0 Å². The van der Waals surface area contributed by atoms with Gasteiger partial charge in [-0.15, -0.1) is 0 Å². The third-order valence-electron chi connectivity index (χ3n) is 2.43. The van der Waals surface area contributed by atoms with E-state index in [1.165, 1.54) is 0 Å². The normalized spacial score (nSPS) is 10.5. The molecule has 0 aromatic heterocycles. The highest BCUT2D eigenvalue weighted by atomic mass is 16.5. The van der Waals surface area contributed by atoms with Crippen molar-refractivity contribution in [2.75, 3.05) is 7.11 Å². The van der Waals surface area contributed by atoms with Crippen molar-refractivity contribution in [2.24, 2.45) is 5.73 Å². The predicted octanol–water partition coefficient (Wildman–Crippen LogP) is 2.01. The van der Waals surface area contributed by atoms with Gasteiger partial charge < -0.3 is 15.6 Å². The lowest BCUT2D eigenvalue weighted by Gasteiger charge is -2.06. The summed E-state index contributed by atoms with van der Waals surface area (Å²) in [5.74, 6) is 1.03. The zero-order valence-corrected chi connectivity index (χ0v) is 8.53. The van der Waals surface area contributed by atoms with Gasteiger partial charge in [-0.3, -0.25) is 0 Å². The first-order valence-electron chi connectivity index (χ1n) is 4.74. The maximum atomic E-state index is 9.75. The third kappa shape index (κ3) is 1.74. The standard InChI is InChI=1S/C12H13NO2/c1-15-10-2-3-11-9(6-10)4-8(7-13)5-12(11)14/h2-6,14H,7,13H2,1H3. The van der Waals surface area contributed by atoms with Crippen LogP contribution in [0.3, 0.4) is 0 Å². The molecule has 3 nitrogen and oxygen atoms in total. The molecule has 0 unspecified atom stereocenters. The van der Waals surface area contributed by atoms with Gasteiger partial charge in [0.05, 0.1) is 7.11 Å². The molecule has 2 aromatic carbocycles. The molecule has 0 aliphatic carbocycles. The Morgan fingerprint density at radius 2 is 2.07 bits per heavy atom. The van der Waals surface area contributed by atoms with E-state index in [2.05, 4.69) is 0 Å². The minimum atomic E-state index is 0.260. The van der Waals surface area contributed by atoms with Crippen LogP contribution in [-0.2, 0) is 6.54 Å². The summed E-state index contributed by atoms with van der Waals surface area (Å²) in [5.41, 5.74) is 6.45. The van der Waals surface area contributed by atoms with Gasteiger partial charge in [0.25, 0.3) is 0 Å². The second-order valence-corrected chi connectivity index (χ2v) is 3.41. The van der Waals surface area contributed by atoms with Crippen molar-refractivity contribution in [3.63, 3.8) is 0 Å². The van der Waals surface area contributed by atoms with E-state index in [1.54, 1.807) is 13.2 Å². The summed E-state index contributed by atoms with van der Waals surface area (Å²) >= 11 is 0. The van der Waals surface area contributed by atoms with Crippen molar-refractivity contribution in [3.8, 4) is 11.5 Å². The second kappa shape index (κ2) is 3.79. The van der Waals surface area contributed by atoms with Crippen LogP contribution in [0.4, 0.5) is 0 Å². The highest BCUT2D eigenvalue weighted by Gasteiger charge is 2.03. The molecule has 0 saturated heterocycles. The summed E-state index contributed by atoms with van der Waals surface area (Å²) in [6.07, 6.45) is 0. The first kappa shape index (κ1) is 9.80. The van der Waals surface area contributed by atoms with Gasteiger partial charge in [0.1, 0.15) is 11.5 Å². The molecular weight excluding hydrogens is 190 g/mol. The zero-order chi connectivity index (χ0) is 10.8. The summed E-state index contributed by atoms with van der Waals surface area (Å²) in [4.78, 5) is 0. The molecule has 0 spiro atoms. The van der Waals surface area contributed by atoms with Crippen LogP contribution in [-0.4, -0.2) is 12.2 Å². The number of phenols is 1. The van der Waals surface area contributed by atoms with Crippen molar-refractivity contribution < 1.29 is 9.84 Å². The molecule has 15 heavy (non-hydrogen) atoms. The van der Waals surface area contributed by atoms with Crippen molar-refractivity contribution >= 4 is 10.8 Å². The average Bonchev–Trinajstić information content (AvgIpc) is 2.28. The highest BCUT2D eigenvalue weighted by molar-refractivity contribution is 5.89. The molecule has 0 heterocycles. The Morgan fingerprint density at radius 1 is 1.27 bits per heavy atom. The molecule has 2 aromatic rings. The molecule has 0 aliphatic rings. The van der Waals surface area contributed by atoms with Gasteiger partial charge in [0.15, 0.2) is 0 Å². The van der Waals surface area contributed by atoms with Gasteiger partial charge in [-0.1, -0.05) is 0 Å². The van der Waals surface area contributed by atoms with Crippen LogP contribution in [0, 0.1) is 0 Å². The number of methoxy groups -OCH3 is 1. The predicted molar refractivity (Wildman–Crippen MR) is 60.1 cm³/mol. The molecule has 0 aliphatic heterocycles. The van der Waals surface area contributed by atoms with E-state index < -0.39 is 0 Å². The zero-order valence-electron chi connectivity index (χ0n) is 8.53. The lowest BCUT2D eigenvalue weighted by atomic mass is 10.1. The van der Waals surface area contributed by atoms with Gasteiger partial charge in [0, 0.05) is 11.9 Å². The maximum absolute atomic E-state index is 9.75. The lowest BCUT2D eigenvalue weighted by molar-refractivity contribution is 0.415. The first-order chi connectivity index (χ1) is 7.24. The number of phenolic OH excluding ortho intramolecular Hbond substituents is 1. The van der Waals surface area contributed by atoms with Crippen molar-refractivity contribution in [1.29, 1.82) is 0 Å². The number of aromatic hydroxyl groups is 1. The number of benzene rings is 2. The maximum Gasteiger partial charge on any atom is 0.123 e. The summed E-state index contributed by atoms with van der Waals surface area (Å²) in [5, 5.41) is 11.5. The Bertz CT molecular complexity index is 489. The minimum Gasteiger partial charge on any atom is -0.507 e. The summed E-state index contributed by atoms with van der Waals surface area (Å²) in [6, 6.07) is 9.19. The summed E-state index contributed by atoms with van der Waals surface area (Å²) in [7, 11) is 1.62. The molecule has 0 bridgehead atoms. The summed E-state index contributed by atoms with van der Waals surface area (Å²) < 4.78 is 5.12. The van der Waals surface area contributed by atoms with E-state index in [1.807, 2.05) is 24.3 Å². The molecule has 0 atom stereocenters. The molecule has 78 valence electrons. The second-order valence-electron chi connectivity index (χ2n) is 3.41. The van der Waals surface area contributed by atoms with Crippen molar-refractivity contribution in [1.82, 2.24) is 0 Å². The Labute approximate surface area is 88.1 Å². The Hall–Kier alpha value is -1.74. The molecule has 3 heteroatoms. The van der Waals surface area contributed by atoms with E-state index in [-0.39, 0.29) is 5.75 Å². The van der Waals surface area contributed by atoms with Crippen LogP contribution in [0.1, 0.15) is 5.56 Å². The van der Waals surface area contributed by atoms with E-state index in [0.29, 0.717) is 6.54 Å². The SMILES string of the molecule is COc1ccc2c(O)cc(CN)cc2c1. The van der Waals surface area contributed by atoms with E-state index in [4.69, 9.17) is 10.5 Å². The van der Waals surface area contributed by atoms with Crippen molar-refractivity contribution in [2.45, 2.75) is 6.54 Å². The van der Waals surface area contributed by atoms with Gasteiger partial charge in [-0.25, -0.2) is 0 Å². The van der Waals surface area contributed by atoms with E-state index >= 15 is 0 Å². The van der Waals surface area contributed by atoms with Crippen LogP contribution in [0.2, 0.25) is 0 Å². The number of rotatable bonds is 2. The Balaban J connectivity index is 2.69. The number of hydrogen-bond donors (Lipinski definition) is 2. The monoisotopic (exact) mass is 203 g/mol. The smallest absolute Gasteiger partial charge is 0.123 e. The first-order valence-corrected chi connectivity index (χ1v) is 4.74. The Kier molecular flexibility index (Phi) is 2.47. The Morgan fingerprint density at radius 3 is 2.73 bits per heavy atom. The topological polar surface area (TPSA) is 55.5 Å². The van der Waals surface area contributed by atoms with Crippen LogP contribution in [0.25, 0.3) is 10.8 Å². The number of ether oxygens (including phenoxy) is 1. The molecule has 2 rings (SSSR count). The van der Waals surface area contributed by atoms with Crippen molar-refractivity contribution in [3.05, 3.63) is 35.9 Å². The fourth-order valence-electron chi connectivity index (χ4n) is 1.63. The van der Waals surface area contributed by atoms with Gasteiger partial charge >= 0.3 is 0 Å².